The Kier molecular flexibility index (Phi) is 5.19. The van der Waals surface area contributed by atoms with Crippen LogP contribution in [0.25, 0.3) is 0 Å². The van der Waals surface area contributed by atoms with Crippen molar-refractivity contribution in [1.29, 1.82) is 0 Å². The third-order valence-corrected chi connectivity index (χ3v) is 3.04. The van der Waals surface area contributed by atoms with Gasteiger partial charge in [0.1, 0.15) is 6.29 Å². The molecule has 0 radical (unpaired) electrons. The van der Waals surface area contributed by atoms with Crippen LogP contribution in [0.5, 0.6) is 0 Å². The van der Waals surface area contributed by atoms with E-state index in [4.69, 9.17) is 0 Å². The molecule has 0 heterocycles. The Bertz CT molecular complexity index is 129. The highest BCUT2D eigenvalue weighted by Crippen LogP contribution is 2.35. The number of unbranched alkanes of at least 4 members (excludes halogenated alkanes) is 1. The molecule has 0 aliphatic carbocycles. The lowest BCUT2D eigenvalue weighted by molar-refractivity contribution is -0.110. The largest absolute Gasteiger partial charge is 0.303 e. The van der Waals surface area contributed by atoms with E-state index in [1.54, 1.807) is 0 Å². The van der Waals surface area contributed by atoms with Crippen molar-refractivity contribution in [3.8, 4) is 0 Å². The molecule has 0 aliphatic rings. The van der Waals surface area contributed by atoms with E-state index in [-0.39, 0.29) is 5.41 Å². The molecule has 0 aromatic carbocycles. The second kappa shape index (κ2) is 5.34. The molecule has 12 heavy (non-hydrogen) atoms. The second-order valence-corrected chi connectivity index (χ2v) is 4.28. The fourth-order valence-corrected chi connectivity index (χ4v) is 1.40. The molecule has 0 saturated carbocycles. The average molecular weight is 170 g/mol. The molecule has 1 atom stereocenters. The molecule has 1 heteroatoms. The second-order valence-electron chi connectivity index (χ2n) is 4.28. The Morgan fingerprint density at radius 2 is 2.00 bits per heavy atom. The third-order valence-electron chi connectivity index (χ3n) is 3.04. The summed E-state index contributed by atoms with van der Waals surface area (Å²) in [5.41, 5.74) is 0.234. The van der Waals surface area contributed by atoms with Gasteiger partial charge in [0.05, 0.1) is 0 Å². The molecule has 72 valence electrons. The van der Waals surface area contributed by atoms with Gasteiger partial charge in [-0.15, -0.1) is 0 Å². The zero-order valence-corrected chi connectivity index (χ0v) is 8.89. The van der Waals surface area contributed by atoms with Crippen molar-refractivity contribution in [2.75, 3.05) is 0 Å². The highest BCUT2D eigenvalue weighted by Gasteiger charge is 2.26. The summed E-state index contributed by atoms with van der Waals surface area (Å²) in [7, 11) is 0. The molecule has 0 saturated heterocycles. The normalized spacial score (nSPS) is 16.1. The van der Waals surface area contributed by atoms with Gasteiger partial charge in [0.25, 0.3) is 0 Å². The number of hydrogen-bond acceptors (Lipinski definition) is 1. The van der Waals surface area contributed by atoms with Crippen LogP contribution in [0.3, 0.4) is 0 Å². The highest BCUT2D eigenvalue weighted by molar-refractivity contribution is 5.50. The zero-order chi connectivity index (χ0) is 9.61. The molecule has 0 aromatic rings. The Morgan fingerprint density at radius 3 is 2.33 bits per heavy atom. The van der Waals surface area contributed by atoms with E-state index in [1.165, 1.54) is 19.3 Å². The molecular weight excluding hydrogens is 148 g/mol. The molecule has 0 spiro atoms. The van der Waals surface area contributed by atoms with Crippen molar-refractivity contribution in [1.82, 2.24) is 0 Å². The van der Waals surface area contributed by atoms with Crippen LogP contribution in [-0.2, 0) is 4.79 Å². The van der Waals surface area contributed by atoms with Gasteiger partial charge in [-0.1, -0.05) is 40.5 Å². The van der Waals surface area contributed by atoms with Crippen molar-refractivity contribution < 1.29 is 4.79 Å². The smallest absolute Gasteiger partial charge is 0.120 e. The van der Waals surface area contributed by atoms with Gasteiger partial charge in [-0.3, -0.25) is 0 Å². The molecular formula is C11H22O. The van der Waals surface area contributed by atoms with E-state index in [9.17, 15) is 4.79 Å². The van der Waals surface area contributed by atoms with Crippen molar-refractivity contribution in [2.24, 2.45) is 11.3 Å². The fraction of sp³-hybridized carbons (Fsp3) is 0.909. The Balaban J connectivity index is 4.07. The molecule has 1 nitrogen and oxygen atoms in total. The van der Waals surface area contributed by atoms with Crippen LogP contribution in [0.1, 0.15) is 53.4 Å². The number of carbonyl (C=O) groups excluding carboxylic acids is 1. The topological polar surface area (TPSA) is 17.1 Å². The van der Waals surface area contributed by atoms with E-state index >= 15 is 0 Å². The third kappa shape index (κ3) is 3.38. The summed E-state index contributed by atoms with van der Waals surface area (Å²) >= 11 is 0. The molecule has 0 N–H and O–H groups in total. The quantitative estimate of drug-likeness (QED) is 0.558. The van der Waals surface area contributed by atoms with Crippen LogP contribution < -0.4 is 0 Å². The lowest BCUT2D eigenvalue weighted by atomic mass is 9.73. The maximum atomic E-state index is 10.5. The average Bonchev–Trinajstić information content (AvgIpc) is 2.01. The minimum Gasteiger partial charge on any atom is -0.303 e. The maximum Gasteiger partial charge on any atom is 0.120 e. The van der Waals surface area contributed by atoms with Crippen molar-refractivity contribution >= 4 is 6.29 Å². The summed E-state index contributed by atoms with van der Waals surface area (Å²) in [5.74, 6) is 0.606. The Hall–Kier alpha value is -0.330. The summed E-state index contributed by atoms with van der Waals surface area (Å²) in [4.78, 5) is 10.5. The van der Waals surface area contributed by atoms with Crippen molar-refractivity contribution in [2.45, 2.75) is 53.4 Å². The molecule has 0 rings (SSSR count). The molecule has 0 fully saturated rings. The molecule has 1 unspecified atom stereocenters. The van der Waals surface area contributed by atoms with Crippen molar-refractivity contribution in [3.05, 3.63) is 0 Å². The lowest BCUT2D eigenvalue weighted by Crippen LogP contribution is -2.23. The van der Waals surface area contributed by atoms with Gasteiger partial charge in [-0.05, 0) is 17.8 Å². The summed E-state index contributed by atoms with van der Waals surface area (Å²) in [6, 6.07) is 0. The minimum atomic E-state index is 0.234. The standard InChI is InChI=1S/C11H22O/c1-5-6-7-11(4,8-9-12)10(2)3/h9-10H,5-8H2,1-4H3. The number of carbonyl (C=O) groups is 1. The summed E-state index contributed by atoms with van der Waals surface area (Å²) in [6.07, 6.45) is 5.42. The summed E-state index contributed by atoms with van der Waals surface area (Å²) in [6.45, 7) is 8.84. The number of rotatable bonds is 6. The number of hydrogen-bond donors (Lipinski definition) is 0. The predicted molar refractivity (Wildman–Crippen MR) is 53.2 cm³/mol. The van der Waals surface area contributed by atoms with Gasteiger partial charge in [0.2, 0.25) is 0 Å². The maximum absolute atomic E-state index is 10.5. The van der Waals surface area contributed by atoms with Gasteiger partial charge >= 0.3 is 0 Å². The monoisotopic (exact) mass is 170 g/mol. The van der Waals surface area contributed by atoms with Crippen molar-refractivity contribution in [3.63, 3.8) is 0 Å². The van der Waals surface area contributed by atoms with E-state index in [0.29, 0.717) is 12.3 Å². The van der Waals surface area contributed by atoms with Crippen LogP contribution in [0.4, 0.5) is 0 Å². The van der Waals surface area contributed by atoms with Crippen LogP contribution in [0.15, 0.2) is 0 Å². The Labute approximate surface area is 76.6 Å². The lowest BCUT2D eigenvalue weighted by Gasteiger charge is -2.31. The predicted octanol–water partition coefficient (Wildman–Crippen LogP) is 3.43. The fourth-order valence-electron chi connectivity index (χ4n) is 1.40. The zero-order valence-electron chi connectivity index (χ0n) is 8.89. The summed E-state index contributed by atoms with van der Waals surface area (Å²) in [5, 5.41) is 0. The first-order valence-corrected chi connectivity index (χ1v) is 5.00. The first-order valence-electron chi connectivity index (χ1n) is 5.00. The van der Waals surface area contributed by atoms with E-state index in [2.05, 4.69) is 27.7 Å². The first-order chi connectivity index (χ1) is 5.56. The van der Waals surface area contributed by atoms with Crippen LogP contribution in [0.2, 0.25) is 0 Å². The van der Waals surface area contributed by atoms with Gasteiger partial charge in [-0.25, -0.2) is 0 Å². The van der Waals surface area contributed by atoms with E-state index in [0.717, 1.165) is 6.29 Å². The van der Waals surface area contributed by atoms with Crippen LogP contribution in [-0.4, -0.2) is 6.29 Å². The molecule has 0 aliphatic heterocycles. The van der Waals surface area contributed by atoms with Gasteiger partial charge in [-0.2, -0.15) is 0 Å². The SMILES string of the molecule is CCCCC(C)(CC=O)C(C)C. The Morgan fingerprint density at radius 1 is 1.42 bits per heavy atom. The minimum absolute atomic E-state index is 0.234. The van der Waals surface area contributed by atoms with E-state index < -0.39 is 0 Å². The van der Waals surface area contributed by atoms with Crippen LogP contribution in [0, 0.1) is 11.3 Å². The van der Waals surface area contributed by atoms with Crippen LogP contribution >= 0.6 is 0 Å². The van der Waals surface area contributed by atoms with Gasteiger partial charge < -0.3 is 4.79 Å². The molecule has 0 amide bonds. The molecule has 0 aromatic heterocycles. The van der Waals surface area contributed by atoms with E-state index in [1.807, 2.05) is 0 Å². The van der Waals surface area contributed by atoms with Gasteiger partial charge in [0, 0.05) is 6.42 Å². The summed E-state index contributed by atoms with van der Waals surface area (Å²) < 4.78 is 0. The first kappa shape index (κ1) is 11.7. The number of aldehydes is 1. The molecule has 0 bridgehead atoms. The van der Waals surface area contributed by atoms with Gasteiger partial charge in [0.15, 0.2) is 0 Å². The highest BCUT2D eigenvalue weighted by atomic mass is 16.1.